The average Bonchev–Trinajstić information content (AvgIpc) is 2.16. The Balaban J connectivity index is 2.34. The molecule has 0 amide bonds. The van der Waals surface area contributed by atoms with E-state index in [-0.39, 0.29) is 0 Å². The van der Waals surface area contributed by atoms with Crippen LogP contribution in [0.1, 0.15) is 31.1 Å². The van der Waals surface area contributed by atoms with Crippen LogP contribution in [-0.2, 0) is 0 Å². The number of aliphatic hydroxyl groups excluding tert-OH is 1. The number of halogens is 2. The van der Waals surface area contributed by atoms with Crippen LogP contribution in [0.15, 0.2) is 21.2 Å². The molecule has 84 valence electrons. The minimum absolute atomic E-state index is 0.546. The number of nitrogens with zero attached hydrogens (tertiary/aromatic N) is 2. The van der Waals surface area contributed by atoms with Gasteiger partial charge in [0.1, 0.15) is 6.10 Å². The van der Waals surface area contributed by atoms with Gasteiger partial charge in [0.2, 0.25) is 0 Å². The van der Waals surface area contributed by atoms with E-state index < -0.39 is 11.5 Å². The van der Waals surface area contributed by atoms with Crippen LogP contribution in [0.2, 0.25) is 0 Å². The van der Waals surface area contributed by atoms with Crippen LogP contribution < -0.4 is 0 Å². The van der Waals surface area contributed by atoms with Gasteiger partial charge in [0, 0.05) is 15.1 Å². The molecule has 0 aliphatic heterocycles. The molecule has 1 aromatic heterocycles. The predicted octanol–water partition coefficient (Wildman–Crippen LogP) is 3.33. The lowest BCUT2D eigenvalue weighted by atomic mass is 9.65. The van der Waals surface area contributed by atoms with E-state index in [0.717, 1.165) is 28.2 Å². The summed E-state index contributed by atoms with van der Waals surface area (Å²) in [7, 11) is 0. The van der Waals surface area contributed by atoms with E-state index in [9.17, 15) is 5.11 Å². The van der Waals surface area contributed by atoms with Gasteiger partial charge in [-0.1, -0.05) is 6.42 Å². The van der Waals surface area contributed by atoms with Crippen LogP contribution >= 0.6 is 31.9 Å². The van der Waals surface area contributed by atoms with Gasteiger partial charge in [0.15, 0.2) is 0 Å². The number of aromatic nitrogens is 1. The number of pyridine rings is 1. The van der Waals surface area contributed by atoms with Crippen LogP contribution in [0.5, 0.6) is 0 Å². The maximum absolute atomic E-state index is 10.2. The zero-order valence-corrected chi connectivity index (χ0v) is 11.6. The maximum atomic E-state index is 10.2. The summed E-state index contributed by atoms with van der Waals surface area (Å²) >= 11 is 6.67. The molecular weight excluding hydrogens is 336 g/mol. The third kappa shape index (κ3) is 1.90. The van der Waals surface area contributed by atoms with E-state index in [1.54, 1.807) is 6.20 Å². The normalized spacial score (nSPS) is 19.6. The fraction of sp³-hybridized carbons (Fsp3) is 0.455. The van der Waals surface area contributed by atoms with Gasteiger partial charge in [0.25, 0.3) is 0 Å². The first-order chi connectivity index (χ1) is 7.59. The zero-order chi connectivity index (χ0) is 11.8. The molecule has 5 heteroatoms. The molecule has 1 N–H and O–H groups in total. The van der Waals surface area contributed by atoms with Crippen molar-refractivity contribution in [3.05, 3.63) is 26.9 Å². The summed E-state index contributed by atoms with van der Waals surface area (Å²) in [5.41, 5.74) is -0.0898. The number of nitriles is 1. The molecule has 0 spiro atoms. The van der Waals surface area contributed by atoms with Crippen molar-refractivity contribution in [2.75, 3.05) is 0 Å². The van der Waals surface area contributed by atoms with Crippen LogP contribution in [0.3, 0.4) is 0 Å². The highest BCUT2D eigenvalue weighted by molar-refractivity contribution is 9.11. The second kappa shape index (κ2) is 4.44. The topological polar surface area (TPSA) is 56.9 Å². The number of aliphatic hydroxyl groups is 1. The van der Waals surface area contributed by atoms with E-state index in [2.05, 4.69) is 42.9 Å². The minimum Gasteiger partial charge on any atom is -0.385 e. The maximum Gasteiger partial charge on any atom is 0.116 e. The Bertz CT molecular complexity index is 452. The molecule has 2 rings (SSSR count). The molecule has 1 aliphatic rings. The molecular formula is C11H10Br2N2O. The van der Waals surface area contributed by atoms with E-state index >= 15 is 0 Å². The highest BCUT2D eigenvalue weighted by atomic mass is 79.9. The Morgan fingerprint density at radius 2 is 2.19 bits per heavy atom. The summed E-state index contributed by atoms with van der Waals surface area (Å²) in [4.78, 5) is 4.18. The van der Waals surface area contributed by atoms with E-state index in [1.807, 2.05) is 6.07 Å². The summed E-state index contributed by atoms with van der Waals surface area (Å²) in [6.07, 6.45) is 3.31. The van der Waals surface area contributed by atoms with Gasteiger partial charge in [-0.3, -0.25) is 4.98 Å². The predicted molar refractivity (Wildman–Crippen MR) is 66.5 cm³/mol. The molecule has 16 heavy (non-hydrogen) atoms. The Hall–Kier alpha value is -0.440. The highest BCUT2D eigenvalue weighted by Gasteiger charge is 2.45. The van der Waals surface area contributed by atoms with Crippen molar-refractivity contribution < 1.29 is 5.11 Å². The van der Waals surface area contributed by atoms with Crippen LogP contribution in [-0.4, -0.2) is 10.1 Å². The third-order valence-electron chi connectivity index (χ3n) is 3.09. The quantitative estimate of drug-likeness (QED) is 0.894. The highest BCUT2D eigenvalue weighted by Crippen LogP contribution is 2.50. The SMILES string of the molecule is N#CC1(C(O)c2ncc(Br)cc2Br)CCC1. The summed E-state index contributed by atoms with van der Waals surface area (Å²) < 4.78 is 1.57. The molecule has 1 saturated carbocycles. The molecule has 0 bridgehead atoms. The van der Waals surface area contributed by atoms with Crippen molar-refractivity contribution in [2.45, 2.75) is 25.4 Å². The minimum atomic E-state index is -0.811. The van der Waals surface area contributed by atoms with Gasteiger partial charge >= 0.3 is 0 Å². The first-order valence-corrected chi connectivity index (χ1v) is 6.58. The van der Waals surface area contributed by atoms with E-state index in [1.165, 1.54) is 0 Å². The van der Waals surface area contributed by atoms with Crippen molar-refractivity contribution in [1.29, 1.82) is 5.26 Å². The number of hydrogen-bond donors (Lipinski definition) is 1. The molecule has 1 aliphatic carbocycles. The van der Waals surface area contributed by atoms with Gasteiger partial charge < -0.3 is 5.11 Å². The van der Waals surface area contributed by atoms with Gasteiger partial charge in [0.05, 0.1) is 17.2 Å². The molecule has 1 fully saturated rings. The average molecular weight is 346 g/mol. The van der Waals surface area contributed by atoms with Gasteiger partial charge in [-0.25, -0.2) is 0 Å². The van der Waals surface area contributed by atoms with E-state index in [4.69, 9.17) is 5.26 Å². The van der Waals surface area contributed by atoms with E-state index in [0.29, 0.717) is 5.69 Å². The van der Waals surface area contributed by atoms with Crippen LogP contribution in [0.25, 0.3) is 0 Å². The third-order valence-corrected chi connectivity index (χ3v) is 4.16. The lowest BCUT2D eigenvalue weighted by molar-refractivity contribution is 0.00451. The van der Waals surface area contributed by atoms with Crippen LogP contribution in [0.4, 0.5) is 0 Å². The second-order valence-electron chi connectivity index (χ2n) is 4.04. The number of rotatable bonds is 2. The van der Waals surface area contributed by atoms with Gasteiger partial charge in [-0.2, -0.15) is 5.26 Å². The fourth-order valence-electron chi connectivity index (χ4n) is 1.89. The van der Waals surface area contributed by atoms with Crippen molar-refractivity contribution in [2.24, 2.45) is 5.41 Å². The van der Waals surface area contributed by atoms with Crippen molar-refractivity contribution in [3.8, 4) is 6.07 Å². The molecule has 1 unspecified atom stereocenters. The second-order valence-corrected chi connectivity index (χ2v) is 5.81. The van der Waals surface area contributed by atoms with Crippen LogP contribution in [0, 0.1) is 16.7 Å². The molecule has 0 saturated heterocycles. The summed E-state index contributed by atoms with van der Waals surface area (Å²) in [5.74, 6) is 0. The number of hydrogen-bond acceptors (Lipinski definition) is 3. The molecule has 1 aromatic rings. The summed E-state index contributed by atoms with van der Waals surface area (Å²) in [6, 6.07) is 4.06. The Kier molecular flexibility index (Phi) is 3.34. The van der Waals surface area contributed by atoms with Gasteiger partial charge in [-0.05, 0) is 50.8 Å². The molecule has 1 atom stereocenters. The lowest BCUT2D eigenvalue weighted by Gasteiger charge is -2.39. The monoisotopic (exact) mass is 344 g/mol. The Morgan fingerprint density at radius 3 is 2.62 bits per heavy atom. The first kappa shape index (κ1) is 12.0. The van der Waals surface area contributed by atoms with Crippen molar-refractivity contribution >= 4 is 31.9 Å². The smallest absolute Gasteiger partial charge is 0.116 e. The van der Waals surface area contributed by atoms with Gasteiger partial charge in [-0.15, -0.1) is 0 Å². The van der Waals surface area contributed by atoms with Crippen molar-refractivity contribution in [1.82, 2.24) is 4.98 Å². The Morgan fingerprint density at radius 1 is 1.50 bits per heavy atom. The summed E-state index contributed by atoms with van der Waals surface area (Å²) in [6.45, 7) is 0. The standard InChI is InChI=1S/C11H10Br2N2O/c12-7-4-8(13)9(15-5-7)10(16)11(6-14)2-1-3-11/h4-5,10,16H,1-3H2. The fourth-order valence-corrected chi connectivity index (χ4v) is 3.10. The first-order valence-electron chi connectivity index (χ1n) is 4.99. The Labute approximate surface area is 111 Å². The molecule has 1 heterocycles. The summed E-state index contributed by atoms with van der Waals surface area (Å²) in [5, 5.41) is 19.4. The zero-order valence-electron chi connectivity index (χ0n) is 8.45. The molecule has 0 radical (unpaired) electrons. The molecule has 3 nitrogen and oxygen atoms in total. The lowest BCUT2D eigenvalue weighted by Crippen LogP contribution is -2.35. The largest absolute Gasteiger partial charge is 0.385 e. The van der Waals surface area contributed by atoms with Crippen molar-refractivity contribution in [3.63, 3.8) is 0 Å². The molecule has 0 aromatic carbocycles.